The maximum atomic E-state index is 11.2. The van der Waals surface area contributed by atoms with Gasteiger partial charge in [-0.2, -0.15) is 0 Å². The van der Waals surface area contributed by atoms with E-state index in [4.69, 9.17) is 0 Å². The van der Waals surface area contributed by atoms with Gasteiger partial charge in [0.25, 0.3) is 0 Å². The molecular weight excluding hydrogens is 238 g/mol. The first-order valence-corrected chi connectivity index (χ1v) is 7.04. The molecule has 1 aliphatic carbocycles. The van der Waals surface area contributed by atoms with Crippen LogP contribution < -0.4 is 5.32 Å². The molecule has 0 unspecified atom stereocenters. The monoisotopic (exact) mass is 261 g/mol. The maximum Gasteiger partial charge on any atom is 0.310 e. The number of aliphatic carboxylic acids is 1. The highest BCUT2D eigenvalue weighted by Crippen LogP contribution is 2.40. The van der Waals surface area contributed by atoms with Gasteiger partial charge in [0.15, 0.2) is 0 Å². The highest BCUT2D eigenvalue weighted by Gasteiger charge is 2.43. The summed E-state index contributed by atoms with van der Waals surface area (Å²) >= 11 is 0. The summed E-state index contributed by atoms with van der Waals surface area (Å²) < 4.78 is 0. The molecule has 0 aliphatic heterocycles. The van der Waals surface area contributed by atoms with Crippen LogP contribution in [0.15, 0.2) is 18.2 Å². The molecule has 1 fully saturated rings. The Hall–Kier alpha value is -1.35. The predicted molar refractivity (Wildman–Crippen MR) is 76.4 cm³/mol. The molecule has 0 saturated heterocycles. The van der Waals surface area contributed by atoms with Gasteiger partial charge in [-0.1, -0.05) is 30.2 Å². The van der Waals surface area contributed by atoms with E-state index in [0.29, 0.717) is 6.54 Å². The second-order valence-electron chi connectivity index (χ2n) is 5.80. The SMILES string of the molecule is Cc1ccc(C)c(CCNCC2(C(=O)O)CCC2)c1. The first-order valence-electron chi connectivity index (χ1n) is 7.04. The largest absolute Gasteiger partial charge is 0.481 e. The highest BCUT2D eigenvalue weighted by atomic mass is 16.4. The lowest BCUT2D eigenvalue weighted by Crippen LogP contribution is -2.46. The van der Waals surface area contributed by atoms with Crippen molar-refractivity contribution in [3.8, 4) is 0 Å². The summed E-state index contributed by atoms with van der Waals surface area (Å²) in [5.74, 6) is -0.641. The standard InChI is InChI=1S/C16H23NO2/c1-12-4-5-13(2)14(10-12)6-9-17-11-16(15(18)19)7-3-8-16/h4-5,10,17H,3,6-9,11H2,1-2H3,(H,18,19). The van der Waals surface area contributed by atoms with Crippen LogP contribution in [-0.4, -0.2) is 24.2 Å². The van der Waals surface area contributed by atoms with Gasteiger partial charge in [-0.05, 0) is 50.8 Å². The Labute approximate surface area is 115 Å². The molecule has 1 aromatic carbocycles. The van der Waals surface area contributed by atoms with Crippen molar-refractivity contribution in [3.05, 3.63) is 34.9 Å². The van der Waals surface area contributed by atoms with E-state index in [1.165, 1.54) is 16.7 Å². The van der Waals surface area contributed by atoms with Crippen LogP contribution in [-0.2, 0) is 11.2 Å². The van der Waals surface area contributed by atoms with Gasteiger partial charge in [-0.15, -0.1) is 0 Å². The first kappa shape index (κ1) is 14.1. The van der Waals surface area contributed by atoms with Crippen molar-refractivity contribution >= 4 is 5.97 Å². The third kappa shape index (κ3) is 3.16. The van der Waals surface area contributed by atoms with E-state index in [2.05, 4.69) is 37.4 Å². The van der Waals surface area contributed by atoms with Crippen LogP contribution >= 0.6 is 0 Å². The van der Waals surface area contributed by atoms with Crippen molar-refractivity contribution < 1.29 is 9.90 Å². The highest BCUT2D eigenvalue weighted by molar-refractivity contribution is 5.76. The van der Waals surface area contributed by atoms with E-state index in [-0.39, 0.29) is 0 Å². The molecule has 3 nitrogen and oxygen atoms in total. The molecule has 0 radical (unpaired) electrons. The third-order valence-electron chi connectivity index (χ3n) is 4.30. The van der Waals surface area contributed by atoms with Crippen LogP contribution in [0.3, 0.4) is 0 Å². The zero-order valence-corrected chi connectivity index (χ0v) is 11.8. The first-order chi connectivity index (χ1) is 9.03. The van der Waals surface area contributed by atoms with Gasteiger partial charge < -0.3 is 10.4 Å². The molecular formula is C16H23NO2. The predicted octanol–water partition coefficient (Wildman–Crippen LogP) is 2.69. The van der Waals surface area contributed by atoms with Crippen molar-refractivity contribution in [2.24, 2.45) is 5.41 Å². The molecule has 0 spiro atoms. The van der Waals surface area contributed by atoms with Crippen molar-refractivity contribution in [1.82, 2.24) is 5.32 Å². The van der Waals surface area contributed by atoms with Gasteiger partial charge in [0.1, 0.15) is 0 Å². The lowest BCUT2D eigenvalue weighted by Gasteiger charge is -2.37. The molecule has 1 aromatic rings. The van der Waals surface area contributed by atoms with E-state index in [9.17, 15) is 9.90 Å². The summed E-state index contributed by atoms with van der Waals surface area (Å²) in [6, 6.07) is 6.49. The van der Waals surface area contributed by atoms with E-state index < -0.39 is 11.4 Å². The fourth-order valence-electron chi connectivity index (χ4n) is 2.69. The molecule has 1 saturated carbocycles. The minimum absolute atomic E-state index is 0.484. The number of rotatable bonds is 6. The average Bonchev–Trinajstić information content (AvgIpc) is 2.30. The number of carboxylic acids is 1. The van der Waals surface area contributed by atoms with Crippen LogP contribution in [0.4, 0.5) is 0 Å². The fraction of sp³-hybridized carbons (Fsp3) is 0.562. The van der Waals surface area contributed by atoms with E-state index >= 15 is 0 Å². The number of hydrogen-bond acceptors (Lipinski definition) is 2. The van der Waals surface area contributed by atoms with Gasteiger partial charge >= 0.3 is 5.97 Å². The molecule has 0 amide bonds. The second kappa shape index (κ2) is 5.74. The Morgan fingerprint density at radius 2 is 2.11 bits per heavy atom. The normalized spacial score (nSPS) is 16.9. The summed E-state index contributed by atoms with van der Waals surface area (Å²) in [6.07, 6.45) is 3.64. The lowest BCUT2D eigenvalue weighted by molar-refractivity contribution is -0.154. The number of aryl methyl sites for hydroxylation is 2. The van der Waals surface area contributed by atoms with Crippen molar-refractivity contribution in [1.29, 1.82) is 0 Å². The van der Waals surface area contributed by atoms with Crippen molar-refractivity contribution in [3.63, 3.8) is 0 Å². The molecule has 0 atom stereocenters. The minimum Gasteiger partial charge on any atom is -0.481 e. The quantitative estimate of drug-likeness (QED) is 0.774. The van der Waals surface area contributed by atoms with E-state index in [0.717, 1.165) is 32.2 Å². The van der Waals surface area contributed by atoms with Gasteiger partial charge in [0.05, 0.1) is 5.41 Å². The molecule has 2 N–H and O–H groups in total. The number of carbonyl (C=O) groups is 1. The summed E-state index contributed by atoms with van der Waals surface area (Å²) in [5.41, 5.74) is 3.46. The van der Waals surface area contributed by atoms with Gasteiger partial charge in [0.2, 0.25) is 0 Å². The van der Waals surface area contributed by atoms with Crippen LogP contribution in [0.1, 0.15) is 36.0 Å². The topological polar surface area (TPSA) is 49.3 Å². The number of hydrogen-bond donors (Lipinski definition) is 2. The molecule has 19 heavy (non-hydrogen) atoms. The molecule has 0 bridgehead atoms. The van der Waals surface area contributed by atoms with Crippen molar-refractivity contribution in [2.75, 3.05) is 13.1 Å². The minimum atomic E-state index is -0.641. The van der Waals surface area contributed by atoms with Crippen LogP contribution in [0.5, 0.6) is 0 Å². The number of carboxylic acid groups (broad SMARTS) is 1. The molecule has 104 valence electrons. The van der Waals surface area contributed by atoms with E-state index in [1.54, 1.807) is 0 Å². The van der Waals surface area contributed by atoms with Crippen molar-refractivity contribution in [2.45, 2.75) is 39.5 Å². The summed E-state index contributed by atoms with van der Waals surface area (Å²) in [5, 5.41) is 12.6. The summed E-state index contributed by atoms with van der Waals surface area (Å²) in [4.78, 5) is 11.2. The molecule has 2 rings (SSSR count). The number of nitrogens with one attached hydrogen (secondary N) is 1. The number of benzene rings is 1. The zero-order chi connectivity index (χ0) is 13.9. The second-order valence-corrected chi connectivity index (χ2v) is 5.80. The lowest BCUT2D eigenvalue weighted by atomic mass is 9.69. The summed E-state index contributed by atoms with van der Waals surface area (Å²) in [7, 11) is 0. The molecule has 0 heterocycles. The zero-order valence-electron chi connectivity index (χ0n) is 11.8. The fourth-order valence-corrected chi connectivity index (χ4v) is 2.69. The van der Waals surface area contributed by atoms with Crippen LogP contribution in [0.2, 0.25) is 0 Å². The molecule has 1 aliphatic rings. The molecule has 3 heteroatoms. The third-order valence-corrected chi connectivity index (χ3v) is 4.30. The van der Waals surface area contributed by atoms with Crippen LogP contribution in [0.25, 0.3) is 0 Å². The summed E-state index contributed by atoms with van der Waals surface area (Å²) in [6.45, 7) is 5.68. The Bertz CT molecular complexity index is 464. The maximum absolute atomic E-state index is 11.2. The van der Waals surface area contributed by atoms with Gasteiger partial charge in [0, 0.05) is 6.54 Å². The Morgan fingerprint density at radius 1 is 1.37 bits per heavy atom. The Morgan fingerprint density at radius 3 is 2.68 bits per heavy atom. The van der Waals surface area contributed by atoms with Crippen LogP contribution in [0, 0.1) is 19.3 Å². The smallest absolute Gasteiger partial charge is 0.310 e. The Kier molecular flexibility index (Phi) is 4.25. The van der Waals surface area contributed by atoms with E-state index in [1.807, 2.05) is 0 Å². The average molecular weight is 261 g/mol. The van der Waals surface area contributed by atoms with Gasteiger partial charge in [-0.25, -0.2) is 0 Å². The van der Waals surface area contributed by atoms with Gasteiger partial charge in [-0.3, -0.25) is 4.79 Å². The Balaban J connectivity index is 1.81. The molecule has 0 aromatic heterocycles.